The highest BCUT2D eigenvalue weighted by molar-refractivity contribution is 6.31. The zero-order valence-electron chi connectivity index (χ0n) is 8.87. The van der Waals surface area contributed by atoms with Gasteiger partial charge in [-0.25, -0.2) is 0 Å². The van der Waals surface area contributed by atoms with Crippen LogP contribution in [-0.2, 0) is 0 Å². The van der Waals surface area contributed by atoms with E-state index in [1.165, 1.54) is 12.1 Å². The lowest BCUT2D eigenvalue weighted by molar-refractivity contribution is 0.0935. The Kier molecular flexibility index (Phi) is 3.34. The number of carbonyl (C=O) groups excluding carboxylic acids is 1. The Labute approximate surface area is 99.4 Å². The topological polar surface area (TPSA) is 49.3 Å². The first kappa shape index (κ1) is 11.3. The van der Waals surface area contributed by atoms with Crippen molar-refractivity contribution in [3.8, 4) is 5.75 Å². The molecule has 1 fully saturated rings. The zero-order chi connectivity index (χ0) is 11.5. The van der Waals surface area contributed by atoms with Crippen LogP contribution in [0.3, 0.4) is 0 Å². The number of phenolic OH excluding ortho intramolecular Hbond substituents is 1. The van der Waals surface area contributed by atoms with E-state index in [0.29, 0.717) is 5.02 Å². The van der Waals surface area contributed by atoms with E-state index in [2.05, 4.69) is 5.32 Å². The predicted molar refractivity (Wildman–Crippen MR) is 62.8 cm³/mol. The summed E-state index contributed by atoms with van der Waals surface area (Å²) in [5.74, 6) is -0.271. The summed E-state index contributed by atoms with van der Waals surface area (Å²) < 4.78 is 0. The standard InChI is InChI=1S/C12H14ClNO2/c13-8-5-6-11(15)10(7-8)12(16)14-9-3-1-2-4-9/h5-7,9,15H,1-4H2,(H,14,16). The van der Waals surface area contributed by atoms with Crippen LogP contribution in [-0.4, -0.2) is 17.1 Å². The number of phenols is 1. The molecule has 0 atom stereocenters. The third-order valence-electron chi connectivity index (χ3n) is 2.89. The number of rotatable bonds is 2. The number of hydrogen-bond acceptors (Lipinski definition) is 2. The molecule has 0 unspecified atom stereocenters. The number of aromatic hydroxyl groups is 1. The van der Waals surface area contributed by atoms with Crippen molar-refractivity contribution in [3.63, 3.8) is 0 Å². The summed E-state index contributed by atoms with van der Waals surface area (Å²) >= 11 is 5.79. The highest BCUT2D eigenvalue weighted by atomic mass is 35.5. The minimum absolute atomic E-state index is 0.0279. The van der Waals surface area contributed by atoms with Gasteiger partial charge >= 0.3 is 0 Å². The second-order valence-corrected chi connectivity index (χ2v) is 4.55. The molecule has 0 aromatic heterocycles. The number of hydrogen-bond donors (Lipinski definition) is 2. The van der Waals surface area contributed by atoms with Crippen molar-refractivity contribution in [2.75, 3.05) is 0 Å². The van der Waals surface area contributed by atoms with Crippen LogP contribution in [0.4, 0.5) is 0 Å². The largest absolute Gasteiger partial charge is 0.507 e. The molecule has 1 amide bonds. The molecule has 1 saturated carbocycles. The third kappa shape index (κ3) is 2.47. The minimum atomic E-state index is -0.244. The first-order valence-electron chi connectivity index (χ1n) is 5.46. The van der Waals surface area contributed by atoms with Crippen molar-refractivity contribution in [1.29, 1.82) is 0 Å². The summed E-state index contributed by atoms with van der Waals surface area (Å²) in [6.07, 6.45) is 4.36. The van der Waals surface area contributed by atoms with Gasteiger partial charge in [0.1, 0.15) is 5.75 Å². The zero-order valence-corrected chi connectivity index (χ0v) is 9.63. The van der Waals surface area contributed by atoms with Crippen LogP contribution < -0.4 is 5.32 Å². The van der Waals surface area contributed by atoms with Gasteiger partial charge in [0, 0.05) is 11.1 Å². The Morgan fingerprint density at radius 1 is 1.38 bits per heavy atom. The molecule has 3 nitrogen and oxygen atoms in total. The van der Waals surface area contributed by atoms with Crippen LogP contribution in [0.1, 0.15) is 36.0 Å². The molecular weight excluding hydrogens is 226 g/mol. The van der Waals surface area contributed by atoms with Gasteiger partial charge in [-0.3, -0.25) is 4.79 Å². The number of amides is 1. The van der Waals surface area contributed by atoms with Crippen LogP contribution in [0.15, 0.2) is 18.2 Å². The number of halogens is 1. The summed E-state index contributed by atoms with van der Waals surface area (Å²) in [7, 11) is 0. The predicted octanol–water partition coefficient (Wildman–Crippen LogP) is 2.72. The van der Waals surface area contributed by atoms with E-state index < -0.39 is 0 Å². The Morgan fingerprint density at radius 2 is 2.06 bits per heavy atom. The maximum Gasteiger partial charge on any atom is 0.255 e. The maximum absolute atomic E-state index is 11.8. The van der Waals surface area contributed by atoms with Gasteiger partial charge in [-0.2, -0.15) is 0 Å². The summed E-state index contributed by atoms with van der Waals surface area (Å²) in [5.41, 5.74) is 0.249. The number of carbonyl (C=O) groups is 1. The van der Waals surface area contributed by atoms with Crippen LogP contribution >= 0.6 is 11.6 Å². The fourth-order valence-corrected chi connectivity index (χ4v) is 2.20. The Morgan fingerprint density at radius 3 is 2.75 bits per heavy atom. The van der Waals surface area contributed by atoms with E-state index in [1.807, 2.05) is 0 Å². The van der Waals surface area contributed by atoms with Gasteiger partial charge in [-0.05, 0) is 31.0 Å². The van der Waals surface area contributed by atoms with Crippen LogP contribution in [0.25, 0.3) is 0 Å². The first-order valence-corrected chi connectivity index (χ1v) is 5.84. The normalized spacial score (nSPS) is 16.3. The molecule has 1 aromatic rings. The lowest BCUT2D eigenvalue weighted by Gasteiger charge is -2.12. The molecule has 86 valence electrons. The molecule has 0 heterocycles. The SMILES string of the molecule is O=C(NC1CCCC1)c1cc(Cl)ccc1O. The molecule has 2 rings (SSSR count). The quantitative estimate of drug-likeness (QED) is 0.834. The van der Waals surface area contributed by atoms with Gasteiger partial charge < -0.3 is 10.4 Å². The molecule has 0 saturated heterocycles. The molecule has 1 aliphatic carbocycles. The monoisotopic (exact) mass is 239 g/mol. The smallest absolute Gasteiger partial charge is 0.255 e. The second kappa shape index (κ2) is 4.74. The Balaban J connectivity index is 2.10. The lowest BCUT2D eigenvalue weighted by atomic mass is 10.1. The molecule has 16 heavy (non-hydrogen) atoms. The fourth-order valence-electron chi connectivity index (χ4n) is 2.02. The minimum Gasteiger partial charge on any atom is -0.507 e. The molecule has 0 spiro atoms. The second-order valence-electron chi connectivity index (χ2n) is 4.12. The van der Waals surface area contributed by atoms with Gasteiger partial charge in [-0.1, -0.05) is 24.4 Å². The third-order valence-corrected chi connectivity index (χ3v) is 3.13. The molecule has 0 aliphatic heterocycles. The summed E-state index contributed by atoms with van der Waals surface area (Å²) in [5, 5.41) is 12.9. The van der Waals surface area contributed by atoms with Gasteiger partial charge in [-0.15, -0.1) is 0 Å². The molecular formula is C12H14ClNO2. The highest BCUT2D eigenvalue weighted by Crippen LogP contribution is 2.23. The van der Waals surface area contributed by atoms with E-state index in [-0.39, 0.29) is 23.3 Å². The molecule has 1 aliphatic rings. The van der Waals surface area contributed by atoms with E-state index in [9.17, 15) is 9.90 Å². The van der Waals surface area contributed by atoms with Crippen LogP contribution in [0, 0.1) is 0 Å². The Bertz CT molecular complexity index is 400. The highest BCUT2D eigenvalue weighted by Gasteiger charge is 2.19. The van der Waals surface area contributed by atoms with Gasteiger partial charge in [0.15, 0.2) is 0 Å². The van der Waals surface area contributed by atoms with Crippen LogP contribution in [0.2, 0.25) is 5.02 Å². The van der Waals surface area contributed by atoms with Crippen molar-refractivity contribution < 1.29 is 9.90 Å². The van der Waals surface area contributed by atoms with Crippen molar-refractivity contribution in [3.05, 3.63) is 28.8 Å². The van der Waals surface area contributed by atoms with Crippen molar-refractivity contribution in [1.82, 2.24) is 5.32 Å². The van der Waals surface area contributed by atoms with Gasteiger partial charge in [0.05, 0.1) is 5.56 Å². The van der Waals surface area contributed by atoms with Gasteiger partial charge in [0.25, 0.3) is 5.91 Å². The van der Waals surface area contributed by atoms with E-state index in [4.69, 9.17) is 11.6 Å². The summed E-state index contributed by atoms with van der Waals surface area (Å²) in [6.45, 7) is 0. The lowest BCUT2D eigenvalue weighted by Crippen LogP contribution is -2.32. The molecule has 4 heteroatoms. The number of nitrogens with one attached hydrogen (secondary N) is 1. The van der Waals surface area contributed by atoms with E-state index in [0.717, 1.165) is 25.7 Å². The fraction of sp³-hybridized carbons (Fsp3) is 0.417. The molecule has 0 bridgehead atoms. The average Bonchev–Trinajstić information content (AvgIpc) is 2.74. The van der Waals surface area contributed by atoms with Crippen molar-refractivity contribution in [2.24, 2.45) is 0 Å². The average molecular weight is 240 g/mol. The number of benzene rings is 1. The molecule has 2 N–H and O–H groups in total. The van der Waals surface area contributed by atoms with E-state index in [1.54, 1.807) is 6.07 Å². The summed E-state index contributed by atoms with van der Waals surface area (Å²) in [4.78, 5) is 11.8. The van der Waals surface area contributed by atoms with Gasteiger partial charge in [0.2, 0.25) is 0 Å². The molecule has 0 radical (unpaired) electrons. The van der Waals surface area contributed by atoms with Crippen molar-refractivity contribution in [2.45, 2.75) is 31.7 Å². The maximum atomic E-state index is 11.8. The van der Waals surface area contributed by atoms with Crippen molar-refractivity contribution >= 4 is 17.5 Å². The Hall–Kier alpha value is -1.22. The molecule has 1 aromatic carbocycles. The summed E-state index contributed by atoms with van der Waals surface area (Å²) in [6, 6.07) is 4.72. The van der Waals surface area contributed by atoms with Crippen LogP contribution in [0.5, 0.6) is 5.75 Å². The van der Waals surface area contributed by atoms with E-state index >= 15 is 0 Å². The first-order chi connectivity index (χ1) is 7.66.